The molecule has 2 atom stereocenters. The highest BCUT2D eigenvalue weighted by atomic mass is 16.6. The first-order valence-corrected chi connectivity index (χ1v) is 10.9. The quantitative estimate of drug-likeness (QED) is 0.816. The predicted molar refractivity (Wildman–Crippen MR) is 114 cm³/mol. The van der Waals surface area contributed by atoms with Gasteiger partial charge in [0.05, 0.1) is 37.0 Å². The van der Waals surface area contributed by atoms with Gasteiger partial charge in [0.25, 0.3) is 0 Å². The molecule has 1 aliphatic carbocycles. The maximum atomic E-state index is 13.1. The minimum Gasteiger partial charge on any atom is -0.448 e. The number of benzene rings is 2. The van der Waals surface area contributed by atoms with Crippen LogP contribution >= 0.6 is 0 Å². The lowest BCUT2D eigenvalue weighted by atomic mass is 9.79. The fraction of sp³-hybridized carbons (Fsp3) is 0.440. The molecule has 6 heteroatoms. The number of piperidine rings is 1. The first-order chi connectivity index (χ1) is 15.1. The van der Waals surface area contributed by atoms with E-state index in [9.17, 15) is 9.90 Å². The zero-order valence-electron chi connectivity index (χ0n) is 17.4. The third-order valence-corrected chi connectivity index (χ3v) is 6.89. The van der Waals surface area contributed by atoms with E-state index in [4.69, 9.17) is 14.7 Å². The summed E-state index contributed by atoms with van der Waals surface area (Å²) in [6.07, 6.45) is 1.21. The summed E-state index contributed by atoms with van der Waals surface area (Å²) >= 11 is 0. The maximum Gasteiger partial charge on any atom is 0.410 e. The van der Waals surface area contributed by atoms with Gasteiger partial charge in [-0.3, -0.25) is 4.90 Å². The average molecular weight is 418 g/mol. The molecule has 160 valence electrons. The van der Waals surface area contributed by atoms with Crippen LogP contribution in [-0.2, 0) is 9.47 Å². The fourth-order valence-corrected chi connectivity index (χ4v) is 5.53. The Morgan fingerprint density at radius 1 is 1.10 bits per heavy atom. The lowest BCUT2D eigenvalue weighted by molar-refractivity contribution is -0.134. The first-order valence-electron chi connectivity index (χ1n) is 10.9. The number of ether oxygens (including phenoxy) is 2. The van der Waals surface area contributed by atoms with E-state index in [2.05, 4.69) is 30.3 Å². The van der Waals surface area contributed by atoms with E-state index in [-0.39, 0.29) is 30.7 Å². The zero-order valence-corrected chi connectivity index (χ0v) is 17.4. The number of fused-ring (bicyclic) bond motifs is 5. The number of carbonyl (C=O) groups is 1. The van der Waals surface area contributed by atoms with Crippen LogP contribution in [0.1, 0.15) is 42.7 Å². The summed E-state index contributed by atoms with van der Waals surface area (Å²) in [5, 5.41) is 19.8. The average Bonchev–Trinajstić information content (AvgIpc) is 3.09. The Morgan fingerprint density at radius 2 is 1.68 bits per heavy atom. The van der Waals surface area contributed by atoms with E-state index in [1.165, 1.54) is 22.3 Å². The Labute approximate surface area is 182 Å². The van der Waals surface area contributed by atoms with Gasteiger partial charge in [-0.25, -0.2) is 4.79 Å². The summed E-state index contributed by atoms with van der Waals surface area (Å²) < 4.78 is 11.5. The molecule has 5 rings (SSSR count). The Balaban J connectivity index is 1.31. The van der Waals surface area contributed by atoms with E-state index in [1.807, 2.05) is 24.3 Å². The second-order valence-electron chi connectivity index (χ2n) is 8.85. The molecule has 2 saturated heterocycles. The standard InChI is InChI=1S/C25H26N2O4/c26-11-5-10-25(29)12-17-14-30-15-18(13-25)27(17)24(28)31-16-23-21-8-3-1-6-19(21)20-7-2-4-9-22(20)23/h1-4,6-9,17-18,23,29H,5,10,12-16H2. The number of amides is 1. The molecule has 0 aromatic heterocycles. The van der Waals surface area contributed by atoms with Gasteiger partial charge in [-0.2, -0.15) is 5.26 Å². The summed E-state index contributed by atoms with van der Waals surface area (Å²) in [6.45, 7) is 1.05. The lowest BCUT2D eigenvalue weighted by Gasteiger charge is -2.50. The topological polar surface area (TPSA) is 82.8 Å². The highest BCUT2D eigenvalue weighted by Gasteiger charge is 2.48. The van der Waals surface area contributed by atoms with Crippen LogP contribution in [-0.4, -0.2) is 53.6 Å². The summed E-state index contributed by atoms with van der Waals surface area (Å²) in [4.78, 5) is 14.9. The molecule has 1 amide bonds. The number of aliphatic hydroxyl groups is 1. The van der Waals surface area contributed by atoms with Crippen LogP contribution in [0, 0.1) is 11.3 Å². The van der Waals surface area contributed by atoms with Crippen LogP contribution in [0.3, 0.4) is 0 Å². The number of hydrogen-bond donors (Lipinski definition) is 1. The number of nitrogens with zero attached hydrogens (tertiary/aromatic N) is 2. The number of carbonyl (C=O) groups excluding carboxylic acids is 1. The van der Waals surface area contributed by atoms with Crippen molar-refractivity contribution in [3.8, 4) is 17.2 Å². The molecule has 2 unspecified atom stereocenters. The molecule has 2 aromatic carbocycles. The molecule has 3 aliphatic rings. The molecule has 0 spiro atoms. The van der Waals surface area contributed by atoms with Crippen molar-refractivity contribution in [2.24, 2.45) is 0 Å². The van der Waals surface area contributed by atoms with Crippen molar-refractivity contribution in [3.05, 3.63) is 59.7 Å². The summed E-state index contributed by atoms with van der Waals surface area (Å²) in [7, 11) is 0. The van der Waals surface area contributed by atoms with Gasteiger partial charge < -0.3 is 14.6 Å². The van der Waals surface area contributed by atoms with E-state index >= 15 is 0 Å². The van der Waals surface area contributed by atoms with Crippen molar-refractivity contribution in [2.45, 2.75) is 49.3 Å². The summed E-state index contributed by atoms with van der Waals surface area (Å²) in [5.41, 5.74) is 3.85. The molecule has 31 heavy (non-hydrogen) atoms. The van der Waals surface area contributed by atoms with Crippen LogP contribution in [0.15, 0.2) is 48.5 Å². The second kappa shape index (κ2) is 7.99. The number of morpholine rings is 1. The molecule has 2 aliphatic heterocycles. The van der Waals surface area contributed by atoms with Gasteiger partial charge in [-0.05, 0) is 41.5 Å². The molecule has 2 aromatic rings. The van der Waals surface area contributed by atoms with E-state index < -0.39 is 5.60 Å². The van der Waals surface area contributed by atoms with Gasteiger partial charge >= 0.3 is 6.09 Å². The molecule has 0 radical (unpaired) electrons. The SMILES string of the molecule is N#CCCC1(O)CC2COCC(C1)N2C(=O)OCC1c2ccccc2-c2ccccc21. The van der Waals surface area contributed by atoms with Gasteiger partial charge in [0.15, 0.2) is 0 Å². The highest BCUT2D eigenvalue weighted by molar-refractivity contribution is 5.79. The molecule has 2 heterocycles. The normalized spacial score (nSPS) is 26.6. The number of hydrogen-bond acceptors (Lipinski definition) is 5. The van der Waals surface area contributed by atoms with Gasteiger partial charge in [-0.15, -0.1) is 0 Å². The van der Waals surface area contributed by atoms with Crippen LogP contribution in [0.25, 0.3) is 11.1 Å². The minimum atomic E-state index is -0.922. The van der Waals surface area contributed by atoms with Crippen LogP contribution in [0.5, 0.6) is 0 Å². The summed E-state index contributed by atoms with van der Waals surface area (Å²) in [6, 6.07) is 18.2. The predicted octanol–water partition coefficient (Wildman–Crippen LogP) is 3.83. The Hall–Kier alpha value is -2.88. The number of rotatable bonds is 4. The van der Waals surface area contributed by atoms with Crippen LogP contribution < -0.4 is 0 Å². The van der Waals surface area contributed by atoms with Gasteiger partial charge in [-0.1, -0.05) is 48.5 Å². The van der Waals surface area contributed by atoms with Gasteiger partial charge in [0, 0.05) is 12.3 Å². The van der Waals surface area contributed by atoms with E-state index in [0.717, 1.165) is 0 Å². The zero-order chi connectivity index (χ0) is 21.4. The Kier molecular flexibility index (Phi) is 5.17. The lowest BCUT2D eigenvalue weighted by Crippen LogP contribution is -2.63. The third-order valence-electron chi connectivity index (χ3n) is 6.89. The molecular weight excluding hydrogens is 392 g/mol. The molecular formula is C25H26N2O4. The first kappa shape index (κ1) is 20.0. The molecule has 2 bridgehead atoms. The molecule has 2 fully saturated rings. The highest BCUT2D eigenvalue weighted by Crippen LogP contribution is 2.45. The van der Waals surface area contributed by atoms with E-state index in [0.29, 0.717) is 38.9 Å². The third kappa shape index (κ3) is 3.58. The molecule has 6 nitrogen and oxygen atoms in total. The Bertz CT molecular complexity index is 971. The van der Waals surface area contributed by atoms with Gasteiger partial charge in [0.2, 0.25) is 0 Å². The monoisotopic (exact) mass is 418 g/mol. The Morgan fingerprint density at radius 3 is 2.26 bits per heavy atom. The van der Waals surface area contributed by atoms with Crippen molar-refractivity contribution in [1.82, 2.24) is 4.90 Å². The van der Waals surface area contributed by atoms with E-state index in [1.54, 1.807) is 4.90 Å². The van der Waals surface area contributed by atoms with Gasteiger partial charge in [0.1, 0.15) is 6.61 Å². The van der Waals surface area contributed by atoms with Crippen molar-refractivity contribution in [2.75, 3.05) is 19.8 Å². The summed E-state index contributed by atoms with van der Waals surface area (Å²) in [5.74, 6) is 0.0183. The minimum absolute atomic E-state index is 0.0183. The number of nitriles is 1. The molecule has 1 N–H and O–H groups in total. The molecule has 0 saturated carbocycles. The van der Waals surface area contributed by atoms with Crippen LogP contribution in [0.4, 0.5) is 4.79 Å². The van der Waals surface area contributed by atoms with Crippen LogP contribution in [0.2, 0.25) is 0 Å². The van der Waals surface area contributed by atoms with Crippen molar-refractivity contribution >= 4 is 6.09 Å². The maximum absolute atomic E-state index is 13.1. The smallest absolute Gasteiger partial charge is 0.410 e. The second-order valence-corrected chi connectivity index (χ2v) is 8.85. The largest absolute Gasteiger partial charge is 0.448 e. The van der Waals surface area contributed by atoms with Crippen molar-refractivity contribution in [3.63, 3.8) is 0 Å². The van der Waals surface area contributed by atoms with Crippen molar-refractivity contribution in [1.29, 1.82) is 5.26 Å². The van der Waals surface area contributed by atoms with Crippen molar-refractivity contribution < 1.29 is 19.4 Å². The fourth-order valence-electron chi connectivity index (χ4n) is 5.53.